The summed E-state index contributed by atoms with van der Waals surface area (Å²) in [5, 5.41) is 4.30. The summed E-state index contributed by atoms with van der Waals surface area (Å²) in [6.45, 7) is 0.298. The lowest BCUT2D eigenvalue weighted by Crippen LogP contribution is -2.47. The first-order valence-corrected chi connectivity index (χ1v) is 12.8. The Balaban J connectivity index is 1.49. The molecular weight excluding hydrogens is 448 g/mol. The van der Waals surface area contributed by atoms with Crippen molar-refractivity contribution >= 4 is 22.7 Å². The first-order valence-electron chi connectivity index (χ1n) is 12.8. The molecule has 1 saturated carbocycles. The molecule has 1 aliphatic rings. The summed E-state index contributed by atoms with van der Waals surface area (Å²) in [5.41, 5.74) is 3.61. The topological polar surface area (TPSA) is 78.1 Å². The van der Waals surface area contributed by atoms with Crippen LogP contribution in [0.5, 0.6) is 0 Å². The Morgan fingerprint density at radius 3 is 2.53 bits per heavy atom. The number of aromatic amines is 1. The van der Waals surface area contributed by atoms with E-state index in [0.29, 0.717) is 6.54 Å². The van der Waals surface area contributed by atoms with Gasteiger partial charge in [-0.25, -0.2) is 0 Å². The van der Waals surface area contributed by atoms with Crippen LogP contribution >= 0.6 is 0 Å². The van der Waals surface area contributed by atoms with Gasteiger partial charge in [0.15, 0.2) is 0 Å². The van der Waals surface area contributed by atoms with Crippen LogP contribution < -0.4 is 5.32 Å². The summed E-state index contributed by atoms with van der Waals surface area (Å²) < 4.78 is 0. The Morgan fingerprint density at radius 2 is 1.75 bits per heavy atom. The second kappa shape index (κ2) is 11.2. The molecule has 4 aromatic rings. The monoisotopic (exact) mass is 480 g/mol. The molecule has 184 valence electrons. The lowest BCUT2D eigenvalue weighted by molar-refractivity contribution is -0.141. The minimum Gasteiger partial charge on any atom is -0.361 e. The van der Waals surface area contributed by atoms with Crippen molar-refractivity contribution in [2.24, 2.45) is 0 Å². The van der Waals surface area contributed by atoms with Gasteiger partial charge >= 0.3 is 0 Å². The highest BCUT2D eigenvalue weighted by molar-refractivity contribution is 5.92. The van der Waals surface area contributed by atoms with Gasteiger partial charge in [-0.3, -0.25) is 14.6 Å². The van der Waals surface area contributed by atoms with E-state index in [9.17, 15) is 9.59 Å². The summed E-state index contributed by atoms with van der Waals surface area (Å²) in [5.74, 6) is -0.222. The van der Waals surface area contributed by atoms with E-state index < -0.39 is 6.04 Å². The van der Waals surface area contributed by atoms with Crippen molar-refractivity contribution in [3.63, 3.8) is 0 Å². The van der Waals surface area contributed by atoms with Gasteiger partial charge < -0.3 is 15.2 Å². The minimum absolute atomic E-state index is 0.101. The molecule has 0 bridgehead atoms. The smallest absolute Gasteiger partial charge is 0.247 e. The predicted molar refractivity (Wildman–Crippen MR) is 141 cm³/mol. The van der Waals surface area contributed by atoms with E-state index in [4.69, 9.17) is 0 Å². The molecule has 6 nitrogen and oxygen atoms in total. The van der Waals surface area contributed by atoms with Crippen molar-refractivity contribution in [1.82, 2.24) is 20.2 Å². The van der Waals surface area contributed by atoms with Gasteiger partial charge in [-0.2, -0.15) is 0 Å². The fraction of sp³-hybridized carbons (Fsp3) is 0.300. The van der Waals surface area contributed by atoms with Gasteiger partial charge in [-0.15, -0.1) is 0 Å². The molecule has 2 aromatic carbocycles. The van der Waals surface area contributed by atoms with E-state index in [2.05, 4.69) is 15.3 Å². The summed E-state index contributed by atoms with van der Waals surface area (Å²) in [6, 6.07) is 20.8. The summed E-state index contributed by atoms with van der Waals surface area (Å²) >= 11 is 0. The zero-order valence-electron chi connectivity index (χ0n) is 20.4. The zero-order chi connectivity index (χ0) is 24.7. The number of carbonyl (C=O) groups is 2. The number of para-hydroxylation sites is 1. The molecule has 0 spiro atoms. The molecule has 5 rings (SSSR count). The maximum atomic E-state index is 14.0. The van der Waals surface area contributed by atoms with Crippen LogP contribution in [0.4, 0.5) is 0 Å². The highest BCUT2D eigenvalue weighted by Gasteiger charge is 2.33. The van der Waals surface area contributed by atoms with Gasteiger partial charge in [0.25, 0.3) is 0 Å². The second-order valence-corrected chi connectivity index (χ2v) is 9.58. The van der Waals surface area contributed by atoms with Crippen molar-refractivity contribution in [1.29, 1.82) is 0 Å². The van der Waals surface area contributed by atoms with Crippen LogP contribution in [0.15, 0.2) is 85.3 Å². The summed E-state index contributed by atoms with van der Waals surface area (Å²) in [4.78, 5) is 37.0. The standard InChI is InChI=1S/C30H32N4O2/c35-28(18-24-20-32-27-16-8-7-15-26(24)27)34(21-22-10-9-17-31-19-22)29(23-11-3-1-4-12-23)30(36)33-25-13-5-2-6-14-25/h1,3-4,7-12,15-17,19-20,25,29,32H,2,5-6,13-14,18,21H2,(H,33,36)/t29-/m1/s1. The molecule has 1 atom stereocenters. The van der Waals surface area contributed by atoms with E-state index in [-0.39, 0.29) is 24.3 Å². The van der Waals surface area contributed by atoms with Crippen LogP contribution in [0, 0.1) is 0 Å². The number of rotatable bonds is 8. The van der Waals surface area contributed by atoms with Crippen LogP contribution in [0.3, 0.4) is 0 Å². The molecule has 1 aliphatic carbocycles. The molecule has 2 N–H and O–H groups in total. The molecule has 36 heavy (non-hydrogen) atoms. The normalized spacial score (nSPS) is 14.9. The predicted octanol–water partition coefficient (Wildman–Crippen LogP) is 5.32. The van der Waals surface area contributed by atoms with E-state index in [1.54, 1.807) is 17.3 Å². The summed E-state index contributed by atoms with van der Waals surface area (Å²) in [6.07, 6.45) is 11.0. The number of nitrogens with one attached hydrogen (secondary N) is 2. The third kappa shape index (κ3) is 5.48. The molecule has 1 fully saturated rings. The number of fused-ring (bicyclic) bond motifs is 1. The third-order valence-electron chi connectivity index (χ3n) is 7.04. The highest BCUT2D eigenvalue weighted by Crippen LogP contribution is 2.27. The molecular formula is C30H32N4O2. The quantitative estimate of drug-likeness (QED) is 0.358. The van der Waals surface area contributed by atoms with Crippen molar-refractivity contribution in [3.05, 3.63) is 102 Å². The van der Waals surface area contributed by atoms with Gasteiger partial charge in [0.1, 0.15) is 6.04 Å². The molecule has 6 heteroatoms. The van der Waals surface area contributed by atoms with Crippen LogP contribution in [-0.4, -0.2) is 32.7 Å². The Morgan fingerprint density at radius 1 is 0.972 bits per heavy atom. The zero-order valence-corrected chi connectivity index (χ0v) is 20.4. The Kier molecular flexibility index (Phi) is 7.41. The van der Waals surface area contributed by atoms with Crippen LogP contribution in [0.1, 0.15) is 54.8 Å². The van der Waals surface area contributed by atoms with Gasteiger partial charge in [0, 0.05) is 42.1 Å². The van der Waals surface area contributed by atoms with Gasteiger partial charge in [-0.1, -0.05) is 73.9 Å². The fourth-order valence-corrected chi connectivity index (χ4v) is 5.19. The van der Waals surface area contributed by atoms with E-state index in [0.717, 1.165) is 53.3 Å². The number of pyridine rings is 1. The first-order chi connectivity index (χ1) is 17.7. The van der Waals surface area contributed by atoms with Crippen LogP contribution in [0.25, 0.3) is 10.9 Å². The number of benzene rings is 2. The maximum absolute atomic E-state index is 14.0. The lowest BCUT2D eigenvalue weighted by atomic mass is 9.94. The molecule has 2 amide bonds. The van der Waals surface area contributed by atoms with Crippen molar-refractivity contribution in [2.75, 3.05) is 0 Å². The van der Waals surface area contributed by atoms with Gasteiger partial charge in [-0.05, 0) is 41.7 Å². The number of nitrogens with zero attached hydrogens (tertiary/aromatic N) is 2. The first kappa shape index (κ1) is 23.8. The number of hydrogen-bond acceptors (Lipinski definition) is 3. The Hall–Kier alpha value is -3.93. The number of hydrogen-bond donors (Lipinski definition) is 2. The lowest BCUT2D eigenvalue weighted by Gasteiger charge is -2.33. The number of H-pyrrole nitrogens is 1. The van der Waals surface area contributed by atoms with Gasteiger partial charge in [0.2, 0.25) is 11.8 Å². The molecule has 2 heterocycles. The number of amides is 2. The molecule has 0 unspecified atom stereocenters. The van der Waals surface area contributed by atoms with E-state index >= 15 is 0 Å². The average Bonchev–Trinajstić information content (AvgIpc) is 3.33. The maximum Gasteiger partial charge on any atom is 0.247 e. The molecule has 0 saturated heterocycles. The molecule has 2 aromatic heterocycles. The minimum atomic E-state index is -0.731. The van der Waals surface area contributed by atoms with E-state index in [1.807, 2.05) is 72.9 Å². The van der Waals surface area contributed by atoms with E-state index in [1.165, 1.54) is 6.42 Å². The fourth-order valence-electron chi connectivity index (χ4n) is 5.19. The highest BCUT2D eigenvalue weighted by atomic mass is 16.2. The van der Waals surface area contributed by atoms with Crippen molar-refractivity contribution < 1.29 is 9.59 Å². The van der Waals surface area contributed by atoms with Gasteiger partial charge in [0.05, 0.1) is 6.42 Å². The van der Waals surface area contributed by atoms with Crippen molar-refractivity contribution in [3.8, 4) is 0 Å². The van der Waals surface area contributed by atoms with Crippen LogP contribution in [0.2, 0.25) is 0 Å². The SMILES string of the molecule is O=C(NC1CCCCC1)[C@@H](c1ccccc1)N(Cc1cccnc1)C(=O)Cc1c[nH]c2ccccc12. The summed E-state index contributed by atoms with van der Waals surface area (Å²) in [7, 11) is 0. The number of carbonyl (C=O) groups excluding carboxylic acids is 2. The van der Waals surface area contributed by atoms with Crippen LogP contribution in [-0.2, 0) is 22.6 Å². The Labute approximate surface area is 211 Å². The third-order valence-corrected chi connectivity index (χ3v) is 7.04. The second-order valence-electron chi connectivity index (χ2n) is 9.58. The number of aromatic nitrogens is 2. The van der Waals surface area contributed by atoms with Crippen molar-refractivity contribution in [2.45, 2.75) is 57.2 Å². The Bertz CT molecular complexity index is 1300. The largest absolute Gasteiger partial charge is 0.361 e. The molecule has 0 aliphatic heterocycles. The molecule has 0 radical (unpaired) electrons. The average molecular weight is 481 g/mol.